The molecule has 9 heteroatoms. The molecule has 8 nitrogen and oxygen atoms in total. The Kier molecular flexibility index (Phi) is 9.22. The van der Waals surface area contributed by atoms with Gasteiger partial charge in [0.15, 0.2) is 5.71 Å². The minimum Gasteiger partial charge on any atom is -0.466 e. The van der Waals surface area contributed by atoms with Gasteiger partial charge >= 0.3 is 5.97 Å². The number of halogens is 1. The van der Waals surface area contributed by atoms with Crippen LogP contribution in [0.1, 0.15) is 44.7 Å². The van der Waals surface area contributed by atoms with Crippen molar-refractivity contribution in [3.05, 3.63) is 58.7 Å². The fourth-order valence-electron chi connectivity index (χ4n) is 4.10. The lowest BCUT2D eigenvalue weighted by Gasteiger charge is -2.36. The summed E-state index contributed by atoms with van der Waals surface area (Å²) in [5.74, 6) is -0.116. The first-order valence-electron chi connectivity index (χ1n) is 11.0. The Morgan fingerprint density at radius 3 is 2.35 bits per heavy atom. The van der Waals surface area contributed by atoms with Crippen LogP contribution in [0.3, 0.4) is 0 Å². The Morgan fingerprint density at radius 1 is 1.12 bits per heavy atom. The highest BCUT2D eigenvalue weighted by atomic mass is 35.7. The molecule has 0 spiro atoms. The third kappa shape index (κ3) is 7.51. The van der Waals surface area contributed by atoms with E-state index < -0.39 is 10.2 Å². The molecule has 0 saturated heterocycles. The average Bonchev–Trinajstić information content (AvgIpc) is 2.72. The van der Waals surface area contributed by atoms with Crippen LogP contribution in [0.2, 0.25) is 0 Å². The third-order valence-electron chi connectivity index (χ3n) is 5.87. The number of carbonyl (C=O) groups excluding carboxylic acids is 1. The summed E-state index contributed by atoms with van der Waals surface area (Å²) in [6, 6.07) is 6.72. The highest BCUT2D eigenvalue weighted by Gasteiger charge is 2.34. The highest BCUT2D eigenvalue weighted by molar-refractivity contribution is 6.04. The molecule has 0 amide bonds. The van der Waals surface area contributed by atoms with Gasteiger partial charge < -0.3 is 9.64 Å². The van der Waals surface area contributed by atoms with E-state index in [-0.39, 0.29) is 11.4 Å². The van der Waals surface area contributed by atoms with Crippen molar-refractivity contribution in [2.75, 3.05) is 39.2 Å². The van der Waals surface area contributed by atoms with Crippen LogP contribution in [0.15, 0.2) is 47.6 Å². The number of nitrogens with zero attached hydrogens (tertiary/aromatic N) is 2. The molecule has 0 bridgehead atoms. The standard InChI is InChI=1S/C25H33N2O2.ClHO4/c1-7-29-24(28)9-8-14-27(6)21-12-13-22-19(16-21)15-18-10-11-20(26(4)5)17-23(18)25(22,2)3;2-1(3,4)5/h10-13,15-17H,7-9,14H2,1-6H3;(H,2,3,4,5)/q+1;/p-1. The van der Waals surface area contributed by atoms with Gasteiger partial charge in [0.25, 0.3) is 0 Å². The van der Waals surface area contributed by atoms with Crippen LogP contribution in [-0.2, 0) is 14.9 Å². The normalized spacial score (nSPS) is 15.8. The van der Waals surface area contributed by atoms with Gasteiger partial charge in [0, 0.05) is 43.3 Å². The van der Waals surface area contributed by atoms with Gasteiger partial charge in [0.05, 0.1) is 6.61 Å². The second-order valence-corrected chi connectivity index (χ2v) is 9.67. The molecule has 0 unspecified atom stereocenters. The predicted octanol–water partition coefficient (Wildman–Crippen LogP) is -0.406. The van der Waals surface area contributed by atoms with Crippen LogP contribution in [0.4, 0.5) is 5.69 Å². The molecule has 0 radical (unpaired) electrons. The van der Waals surface area contributed by atoms with E-state index in [1.54, 1.807) is 0 Å². The first-order chi connectivity index (χ1) is 15.7. The van der Waals surface area contributed by atoms with E-state index in [1.807, 2.05) is 6.92 Å². The lowest BCUT2D eigenvalue weighted by Crippen LogP contribution is -2.68. The first kappa shape index (κ1) is 27.8. The minimum absolute atomic E-state index is 0.0492. The number of carbonyl (C=O) groups is 1. The fraction of sp³-hybridized carbons (Fsp3) is 0.440. The molecule has 2 aliphatic rings. The Bertz CT molecular complexity index is 1020. The number of allylic oxidation sites excluding steroid dienone is 5. The van der Waals surface area contributed by atoms with Gasteiger partial charge in [-0.2, -0.15) is 0 Å². The second-order valence-electron chi connectivity index (χ2n) is 8.91. The molecule has 0 atom stereocenters. The smallest absolute Gasteiger partial charge is 0.305 e. The lowest BCUT2D eigenvalue weighted by atomic mass is 9.67. The number of anilines is 1. The van der Waals surface area contributed by atoms with Crippen LogP contribution in [0.5, 0.6) is 0 Å². The number of esters is 1. The van der Waals surface area contributed by atoms with Crippen LogP contribution >= 0.6 is 0 Å². The van der Waals surface area contributed by atoms with Crippen LogP contribution in [-0.4, -0.2) is 50.6 Å². The second kappa shape index (κ2) is 11.3. The number of fused-ring (bicyclic) bond motifs is 2. The molecule has 34 heavy (non-hydrogen) atoms. The van der Waals surface area contributed by atoms with Crippen LogP contribution in [0, 0.1) is 10.2 Å². The molecule has 1 aromatic carbocycles. The van der Waals surface area contributed by atoms with Crippen molar-refractivity contribution in [2.24, 2.45) is 0 Å². The van der Waals surface area contributed by atoms with Crippen LogP contribution < -0.4 is 23.5 Å². The summed E-state index contributed by atoms with van der Waals surface area (Å²) >= 11 is 0. The van der Waals surface area contributed by atoms with E-state index in [0.29, 0.717) is 13.0 Å². The van der Waals surface area contributed by atoms with Crippen molar-refractivity contribution in [3.8, 4) is 0 Å². The molecule has 0 saturated carbocycles. The molecule has 186 valence electrons. The number of rotatable bonds is 6. The molecular weight excluding hydrogens is 460 g/mol. The zero-order valence-electron chi connectivity index (χ0n) is 20.6. The largest absolute Gasteiger partial charge is 0.466 e. The maximum absolute atomic E-state index is 11.6. The summed E-state index contributed by atoms with van der Waals surface area (Å²) in [6.45, 7) is 7.72. The Labute approximate surface area is 203 Å². The van der Waals surface area contributed by atoms with E-state index in [9.17, 15) is 4.79 Å². The minimum atomic E-state index is -4.94. The van der Waals surface area contributed by atoms with Crippen molar-refractivity contribution in [2.45, 2.75) is 39.0 Å². The molecule has 2 aliphatic carbocycles. The zero-order chi connectivity index (χ0) is 25.7. The van der Waals surface area contributed by atoms with Crippen molar-refractivity contribution in [1.29, 1.82) is 0 Å². The molecule has 0 fully saturated rings. The Morgan fingerprint density at radius 2 is 1.76 bits per heavy atom. The topological polar surface area (TPSA) is 125 Å². The maximum atomic E-state index is 11.6. The van der Waals surface area contributed by atoms with Gasteiger partial charge in [-0.05, 0) is 59.9 Å². The van der Waals surface area contributed by atoms with Gasteiger partial charge in [-0.3, -0.25) is 4.79 Å². The molecule has 0 N–H and O–H groups in total. The molecule has 0 heterocycles. The molecular formula is C25H33ClN2O6. The summed E-state index contributed by atoms with van der Waals surface area (Å²) in [4.78, 5) is 13.8. The lowest BCUT2D eigenvalue weighted by molar-refractivity contribution is -2.00. The molecule has 0 aromatic heterocycles. The van der Waals surface area contributed by atoms with Gasteiger partial charge in [0.1, 0.15) is 14.1 Å². The Balaban J connectivity index is 0.000000739. The van der Waals surface area contributed by atoms with E-state index in [1.165, 1.54) is 33.7 Å². The van der Waals surface area contributed by atoms with Crippen molar-refractivity contribution >= 4 is 23.4 Å². The Hall–Kier alpha value is -2.49. The SMILES string of the molecule is CCOC(=O)CCCN(C)c1ccc2c(c1)C=C1C=CC(=[N+](C)C)C=C1C2(C)C.[O-][Cl+3]([O-])([O-])[O-]. The van der Waals surface area contributed by atoms with Gasteiger partial charge in [-0.1, -0.05) is 19.9 Å². The monoisotopic (exact) mass is 492 g/mol. The fourth-order valence-corrected chi connectivity index (χ4v) is 4.10. The molecule has 1 aromatic rings. The number of ether oxygens (including phenoxy) is 1. The number of benzene rings is 1. The highest BCUT2D eigenvalue weighted by Crippen LogP contribution is 2.45. The van der Waals surface area contributed by atoms with E-state index in [0.717, 1.165) is 13.0 Å². The van der Waals surface area contributed by atoms with Gasteiger partial charge in [-0.25, -0.2) is 23.2 Å². The average molecular weight is 493 g/mol. The molecule has 0 aliphatic heterocycles. The van der Waals surface area contributed by atoms with Crippen LogP contribution in [0.25, 0.3) is 6.08 Å². The first-order valence-corrected chi connectivity index (χ1v) is 12.3. The quantitative estimate of drug-likeness (QED) is 0.390. The van der Waals surface area contributed by atoms with Gasteiger partial charge in [-0.15, -0.1) is 10.2 Å². The van der Waals surface area contributed by atoms with Crippen molar-refractivity contribution in [3.63, 3.8) is 0 Å². The summed E-state index contributed by atoms with van der Waals surface area (Å²) in [5.41, 5.74) is 7.63. The summed E-state index contributed by atoms with van der Waals surface area (Å²) < 4.78 is 41.1. The van der Waals surface area contributed by atoms with Gasteiger partial charge in [0.2, 0.25) is 0 Å². The zero-order valence-corrected chi connectivity index (χ0v) is 21.3. The van der Waals surface area contributed by atoms with Crippen molar-refractivity contribution in [1.82, 2.24) is 0 Å². The van der Waals surface area contributed by atoms with E-state index in [4.69, 9.17) is 23.4 Å². The van der Waals surface area contributed by atoms with Crippen molar-refractivity contribution < 1.29 is 43.0 Å². The third-order valence-corrected chi connectivity index (χ3v) is 5.87. The van der Waals surface area contributed by atoms with E-state index in [2.05, 4.69) is 87.0 Å². The number of hydrogen-bond acceptors (Lipinski definition) is 7. The van der Waals surface area contributed by atoms with E-state index >= 15 is 0 Å². The maximum Gasteiger partial charge on any atom is 0.305 e. The predicted molar refractivity (Wildman–Crippen MR) is 121 cm³/mol. The number of hydrogen-bond donors (Lipinski definition) is 0. The summed E-state index contributed by atoms with van der Waals surface area (Å²) in [6.07, 6.45) is 10.3. The summed E-state index contributed by atoms with van der Waals surface area (Å²) in [5, 5.41) is 0. The summed E-state index contributed by atoms with van der Waals surface area (Å²) in [7, 11) is 1.30. The molecule has 3 rings (SSSR count).